The zero-order chi connectivity index (χ0) is 17.9. The number of benzene rings is 1. The van der Waals surface area contributed by atoms with E-state index in [4.69, 9.17) is 4.74 Å². The summed E-state index contributed by atoms with van der Waals surface area (Å²) < 4.78 is 7.58. The van der Waals surface area contributed by atoms with Gasteiger partial charge in [-0.1, -0.05) is 6.42 Å². The summed E-state index contributed by atoms with van der Waals surface area (Å²) >= 11 is 0. The molecule has 1 aliphatic rings. The van der Waals surface area contributed by atoms with Crippen molar-refractivity contribution in [3.05, 3.63) is 42.5 Å². The highest BCUT2D eigenvalue weighted by Gasteiger charge is 2.50. The van der Waals surface area contributed by atoms with Gasteiger partial charge in [-0.05, 0) is 37.1 Å². The van der Waals surface area contributed by atoms with Crippen molar-refractivity contribution in [3.8, 4) is 5.75 Å². The lowest BCUT2D eigenvalue weighted by Gasteiger charge is -2.38. The molecule has 2 amide bonds. The first-order valence-electron chi connectivity index (χ1n) is 8.28. The van der Waals surface area contributed by atoms with Gasteiger partial charge in [0, 0.05) is 32.2 Å². The molecule has 1 saturated carbocycles. The Morgan fingerprint density at radius 2 is 1.96 bits per heavy atom. The fraction of sp³-hybridized carbons (Fsp3) is 0.389. The zero-order valence-electron chi connectivity index (χ0n) is 14.4. The molecule has 1 aromatic carbocycles. The average Bonchev–Trinajstić information content (AvgIpc) is 2.98. The van der Waals surface area contributed by atoms with Gasteiger partial charge in [-0.15, -0.1) is 0 Å². The number of nitrogens with zero attached hydrogens (tertiary/aromatic N) is 2. The standard InChI is InChI=1S/C18H22N4O3/c1-19-16(23)18(8-3-9-18)17(24)21-13-4-6-14(7-5-13)25-12-15-20-10-11-22(15)2/h4-7,10-11H,3,8-9,12H2,1-2H3,(H,19,23)(H,21,24). The molecule has 2 N–H and O–H groups in total. The number of imidazole rings is 1. The average molecular weight is 342 g/mol. The third-order valence-electron chi connectivity index (χ3n) is 4.70. The first-order valence-corrected chi connectivity index (χ1v) is 8.28. The second kappa shape index (κ2) is 6.96. The van der Waals surface area contributed by atoms with E-state index >= 15 is 0 Å². The molecule has 1 aromatic heterocycles. The Labute approximate surface area is 146 Å². The molecule has 2 aromatic rings. The van der Waals surface area contributed by atoms with Gasteiger partial charge in [0.2, 0.25) is 11.8 Å². The van der Waals surface area contributed by atoms with Gasteiger partial charge in [0.05, 0.1) is 0 Å². The monoisotopic (exact) mass is 342 g/mol. The normalized spacial score (nSPS) is 15.1. The molecular weight excluding hydrogens is 320 g/mol. The molecule has 0 bridgehead atoms. The lowest BCUT2D eigenvalue weighted by Crippen LogP contribution is -2.52. The molecule has 3 rings (SSSR count). The highest BCUT2D eigenvalue weighted by atomic mass is 16.5. The van der Waals surface area contributed by atoms with Crippen molar-refractivity contribution in [3.63, 3.8) is 0 Å². The Morgan fingerprint density at radius 3 is 2.48 bits per heavy atom. The molecule has 0 aliphatic heterocycles. The minimum absolute atomic E-state index is 0.216. The van der Waals surface area contributed by atoms with Crippen LogP contribution in [0.5, 0.6) is 5.75 Å². The number of carbonyl (C=O) groups is 2. The summed E-state index contributed by atoms with van der Waals surface area (Å²) in [5.74, 6) is 1.05. The second-order valence-electron chi connectivity index (χ2n) is 6.24. The lowest BCUT2D eigenvalue weighted by atomic mass is 9.67. The van der Waals surface area contributed by atoms with Crippen LogP contribution < -0.4 is 15.4 Å². The van der Waals surface area contributed by atoms with Crippen LogP contribution in [0.2, 0.25) is 0 Å². The van der Waals surface area contributed by atoms with E-state index in [9.17, 15) is 9.59 Å². The summed E-state index contributed by atoms with van der Waals surface area (Å²) in [7, 11) is 3.47. The topological polar surface area (TPSA) is 85.2 Å². The van der Waals surface area contributed by atoms with Crippen molar-refractivity contribution in [1.29, 1.82) is 0 Å². The van der Waals surface area contributed by atoms with Gasteiger partial charge in [-0.3, -0.25) is 9.59 Å². The van der Waals surface area contributed by atoms with Crippen molar-refractivity contribution < 1.29 is 14.3 Å². The first-order chi connectivity index (χ1) is 12.0. The molecule has 0 atom stereocenters. The van der Waals surface area contributed by atoms with Crippen molar-refractivity contribution in [1.82, 2.24) is 14.9 Å². The fourth-order valence-corrected chi connectivity index (χ4v) is 2.90. The summed E-state index contributed by atoms with van der Waals surface area (Å²) in [4.78, 5) is 28.7. The number of anilines is 1. The van der Waals surface area contributed by atoms with Gasteiger partial charge >= 0.3 is 0 Å². The Bertz CT molecular complexity index is 763. The fourth-order valence-electron chi connectivity index (χ4n) is 2.90. The number of carbonyl (C=O) groups excluding carboxylic acids is 2. The first kappa shape index (κ1) is 17.0. The third-order valence-corrected chi connectivity index (χ3v) is 4.70. The summed E-state index contributed by atoms with van der Waals surface area (Å²) in [5, 5.41) is 5.42. The molecular formula is C18H22N4O3. The Kier molecular flexibility index (Phi) is 4.74. The van der Waals surface area contributed by atoms with Gasteiger partial charge in [0.1, 0.15) is 23.6 Å². The Morgan fingerprint density at radius 1 is 1.24 bits per heavy atom. The second-order valence-corrected chi connectivity index (χ2v) is 6.24. The van der Waals surface area contributed by atoms with E-state index in [1.807, 2.05) is 17.8 Å². The Balaban J connectivity index is 1.60. The predicted molar refractivity (Wildman–Crippen MR) is 93.0 cm³/mol. The molecule has 0 unspecified atom stereocenters. The SMILES string of the molecule is CNC(=O)C1(C(=O)Nc2ccc(OCc3nccn3C)cc2)CCC1. The van der Waals surface area contributed by atoms with E-state index in [-0.39, 0.29) is 11.8 Å². The van der Waals surface area contributed by atoms with Crippen LogP contribution in [-0.4, -0.2) is 28.4 Å². The van der Waals surface area contributed by atoms with Crippen molar-refractivity contribution in [2.75, 3.05) is 12.4 Å². The van der Waals surface area contributed by atoms with Crippen LogP contribution in [0.25, 0.3) is 0 Å². The largest absolute Gasteiger partial charge is 0.486 e. The van der Waals surface area contributed by atoms with E-state index in [0.717, 1.165) is 12.2 Å². The predicted octanol–water partition coefficient (Wildman–Crippen LogP) is 1.85. The van der Waals surface area contributed by atoms with E-state index in [1.54, 1.807) is 37.5 Å². The minimum atomic E-state index is -0.928. The molecule has 7 heteroatoms. The number of nitrogens with one attached hydrogen (secondary N) is 2. The van der Waals surface area contributed by atoms with Crippen molar-refractivity contribution in [2.45, 2.75) is 25.9 Å². The van der Waals surface area contributed by atoms with E-state index < -0.39 is 5.41 Å². The lowest BCUT2D eigenvalue weighted by molar-refractivity contribution is -0.146. The number of hydrogen-bond acceptors (Lipinski definition) is 4. The number of amides is 2. The van der Waals surface area contributed by atoms with Gasteiger partial charge in [0.25, 0.3) is 0 Å². The third kappa shape index (κ3) is 3.35. The summed E-state index contributed by atoms with van der Waals surface area (Å²) in [6, 6.07) is 7.10. The van der Waals surface area contributed by atoms with Gasteiger partial charge in [-0.25, -0.2) is 4.98 Å². The van der Waals surface area contributed by atoms with Crippen LogP contribution in [0.4, 0.5) is 5.69 Å². The van der Waals surface area contributed by atoms with Gasteiger partial charge < -0.3 is 19.9 Å². The molecule has 0 radical (unpaired) electrons. The van der Waals surface area contributed by atoms with Crippen molar-refractivity contribution >= 4 is 17.5 Å². The molecule has 132 valence electrons. The van der Waals surface area contributed by atoms with Crippen LogP contribution in [0.15, 0.2) is 36.7 Å². The minimum Gasteiger partial charge on any atom is -0.486 e. The smallest absolute Gasteiger partial charge is 0.240 e. The van der Waals surface area contributed by atoms with Crippen LogP contribution in [0, 0.1) is 5.41 Å². The molecule has 25 heavy (non-hydrogen) atoms. The molecule has 0 spiro atoms. The number of aryl methyl sites for hydroxylation is 1. The maximum Gasteiger partial charge on any atom is 0.240 e. The molecule has 1 fully saturated rings. The number of aromatic nitrogens is 2. The number of hydrogen-bond donors (Lipinski definition) is 2. The van der Waals surface area contributed by atoms with Crippen molar-refractivity contribution in [2.24, 2.45) is 12.5 Å². The number of ether oxygens (including phenoxy) is 1. The van der Waals surface area contributed by atoms with Crippen LogP contribution >= 0.6 is 0 Å². The quantitative estimate of drug-likeness (QED) is 0.785. The van der Waals surface area contributed by atoms with E-state index in [2.05, 4.69) is 15.6 Å². The summed E-state index contributed by atoms with van der Waals surface area (Å²) in [6.07, 6.45) is 5.65. The summed E-state index contributed by atoms with van der Waals surface area (Å²) in [6.45, 7) is 0.370. The van der Waals surface area contributed by atoms with E-state index in [0.29, 0.717) is 30.9 Å². The zero-order valence-corrected chi connectivity index (χ0v) is 14.4. The maximum absolute atomic E-state index is 12.5. The highest BCUT2D eigenvalue weighted by molar-refractivity contribution is 6.11. The van der Waals surface area contributed by atoms with Crippen LogP contribution in [0.1, 0.15) is 25.1 Å². The number of rotatable bonds is 6. The van der Waals surface area contributed by atoms with Crippen LogP contribution in [0.3, 0.4) is 0 Å². The molecule has 1 heterocycles. The maximum atomic E-state index is 12.5. The molecule has 7 nitrogen and oxygen atoms in total. The van der Waals surface area contributed by atoms with Crippen LogP contribution in [-0.2, 0) is 23.2 Å². The molecule has 1 aliphatic carbocycles. The highest BCUT2D eigenvalue weighted by Crippen LogP contribution is 2.42. The van der Waals surface area contributed by atoms with E-state index in [1.165, 1.54) is 0 Å². The Hall–Kier alpha value is -2.83. The summed E-state index contributed by atoms with van der Waals surface area (Å²) in [5.41, 5.74) is -0.285. The van der Waals surface area contributed by atoms with Gasteiger partial charge in [0.15, 0.2) is 0 Å². The van der Waals surface area contributed by atoms with Gasteiger partial charge in [-0.2, -0.15) is 0 Å². The molecule has 0 saturated heterocycles.